The normalized spacial score (nSPS) is 13.2. The van der Waals surface area contributed by atoms with Gasteiger partial charge in [-0.1, -0.05) is 48.5 Å². The first-order valence-electron chi connectivity index (χ1n) is 10.6. The number of carbonyl (C=O) groups excluding carboxylic acids is 3. The number of esters is 1. The van der Waals surface area contributed by atoms with Crippen molar-refractivity contribution in [3.8, 4) is 0 Å². The number of carbonyl (C=O) groups is 3. The highest BCUT2D eigenvalue weighted by Crippen LogP contribution is 2.40. The van der Waals surface area contributed by atoms with Crippen LogP contribution in [0.1, 0.15) is 56.1 Å². The molecule has 1 aliphatic rings. The Bertz CT molecular complexity index is 1130. The Hall–Kier alpha value is -3.45. The second-order valence-corrected chi connectivity index (χ2v) is 8.56. The van der Waals surface area contributed by atoms with Crippen molar-refractivity contribution in [2.24, 2.45) is 0 Å². The molecule has 7 heteroatoms. The SMILES string of the molecule is CCOC(=O)c1c(NC(=O)[C@@H](NC(=O)c2ccccc2)c2ccccc2)sc2c1CCC2. The van der Waals surface area contributed by atoms with Gasteiger partial charge in [0.15, 0.2) is 0 Å². The Kier molecular flexibility index (Phi) is 6.66. The van der Waals surface area contributed by atoms with Crippen LogP contribution >= 0.6 is 11.3 Å². The first-order valence-corrected chi connectivity index (χ1v) is 11.4. The molecule has 0 saturated carbocycles. The minimum atomic E-state index is -0.920. The molecule has 164 valence electrons. The molecule has 0 fully saturated rings. The van der Waals surface area contributed by atoms with Gasteiger partial charge in [-0.25, -0.2) is 4.79 Å². The van der Waals surface area contributed by atoms with Crippen LogP contribution in [0.25, 0.3) is 0 Å². The van der Waals surface area contributed by atoms with Crippen LogP contribution in [0, 0.1) is 0 Å². The Morgan fingerprint density at radius 2 is 1.69 bits per heavy atom. The summed E-state index contributed by atoms with van der Waals surface area (Å²) in [4.78, 5) is 39.9. The van der Waals surface area contributed by atoms with Gasteiger partial charge in [-0.2, -0.15) is 0 Å². The number of nitrogens with one attached hydrogen (secondary N) is 2. The monoisotopic (exact) mass is 448 g/mol. The maximum atomic E-state index is 13.4. The van der Waals surface area contributed by atoms with Crippen molar-refractivity contribution in [3.05, 3.63) is 87.8 Å². The van der Waals surface area contributed by atoms with Gasteiger partial charge in [0, 0.05) is 10.4 Å². The molecular formula is C25H24N2O4S. The van der Waals surface area contributed by atoms with Crippen molar-refractivity contribution < 1.29 is 19.1 Å². The summed E-state index contributed by atoms with van der Waals surface area (Å²) < 4.78 is 5.25. The highest BCUT2D eigenvalue weighted by Gasteiger charge is 2.30. The van der Waals surface area contributed by atoms with Crippen LogP contribution in [-0.4, -0.2) is 24.4 Å². The van der Waals surface area contributed by atoms with Crippen LogP contribution in [0.4, 0.5) is 5.00 Å². The second kappa shape index (κ2) is 9.78. The van der Waals surface area contributed by atoms with Gasteiger partial charge in [0.2, 0.25) is 0 Å². The summed E-state index contributed by atoms with van der Waals surface area (Å²) in [7, 11) is 0. The average Bonchev–Trinajstić information content (AvgIpc) is 3.39. The molecular weight excluding hydrogens is 424 g/mol. The largest absolute Gasteiger partial charge is 0.462 e. The summed E-state index contributed by atoms with van der Waals surface area (Å²) in [5, 5.41) is 6.21. The predicted octanol–water partition coefficient (Wildman–Crippen LogP) is 4.52. The molecule has 0 bridgehead atoms. The number of aryl methyl sites for hydroxylation is 1. The smallest absolute Gasteiger partial charge is 0.341 e. The third-order valence-corrected chi connectivity index (χ3v) is 6.55. The Balaban J connectivity index is 1.63. The second-order valence-electron chi connectivity index (χ2n) is 7.45. The van der Waals surface area contributed by atoms with Gasteiger partial charge in [0.1, 0.15) is 11.0 Å². The molecule has 0 radical (unpaired) electrons. The minimum absolute atomic E-state index is 0.261. The lowest BCUT2D eigenvalue weighted by Gasteiger charge is -2.19. The summed E-state index contributed by atoms with van der Waals surface area (Å²) in [6, 6.07) is 16.9. The molecule has 0 unspecified atom stereocenters. The molecule has 1 atom stereocenters. The van der Waals surface area contributed by atoms with Crippen molar-refractivity contribution >= 4 is 34.1 Å². The Morgan fingerprint density at radius 3 is 2.38 bits per heavy atom. The van der Waals surface area contributed by atoms with Crippen LogP contribution in [0.5, 0.6) is 0 Å². The zero-order valence-corrected chi connectivity index (χ0v) is 18.5. The van der Waals surface area contributed by atoms with E-state index in [0.29, 0.717) is 21.7 Å². The molecule has 0 aliphatic heterocycles. The molecule has 1 heterocycles. The van der Waals surface area contributed by atoms with Crippen LogP contribution in [0.15, 0.2) is 60.7 Å². The van der Waals surface area contributed by atoms with Crippen molar-refractivity contribution in [1.29, 1.82) is 0 Å². The van der Waals surface area contributed by atoms with Gasteiger partial charge in [0.05, 0.1) is 12.2 Å². The molecule has 4 rings (SSSR count). The molecule has 1 aliphatic carbocycles. The first-order chi connectivity index (χ1) is 15.6. The number of rotatable bonds is 7. The highest BCUT2D eigenvalue weighted by atomic mass is 32.1. The number of amides is 2. The number of benzene rings is 2. The fourth-order valence-corrected chi connectivity index (χ4v) is 5.13. The number of hydrogen-bond donors (Lipinski definition) is 2. The quantitative estimate of drug-likeness (QED) is 0.521. The topological polar surface area (TPSA) is 84.5 Å². The first kappa shape index (κ1) is 21.8. The van der Waals surface area contributed by atoms with E-state index in [9.17, 15) is 14.4 Å². The van der Waals surface area contributed by atoms with Gasteiger partial charge in [-0.05, 0) is 49.4 Å². The fraction of sp³-hybridized carbons (Fsp3) is 0.240. The van der Waals surface area contributed by atoms with E-state index in [1.54, 1.807) is 43.3 Å². The number of anilines is 1. The highest BCUT2D eigenvalue weighted by molar-refractivity contribution is 7.17. The lowest BCUT2D eigenvalue weighted by molar-refractivity contribution is -0.118. The number of ether oxygens (including phenoxy) is 1. The lowest BCUT2D eigenvalue weighted by Crippen LogP contribution is -2.37. The number of hydrogen-bond acceptors (Lipinski definition) is 5. The van der Waals surface area contributed by atoms with Crippen LogP contribution in [-0.2, 0) is 22.4 Å². The zero-order valence-electron chi connectivity index (χ0n) is 17.7. The van der Waals surface area contributed by atoms with Gasteiger partial charge in [-0.3, -0.25) is 9.59 Å². The lowest BCUT2D eigenvalue weighted by atomic mass is 10.0. The summed E-state index contributed by atoms with van der Waals surface area (Å²) in [6.45, 7) is 2.02. The maximum absolute atomic E-state index is 13.4. The molecule has 2 aromatic carbocycles. The third-order valence-electron chi connectivity index (χ3n) is 5.34. The van der Waals surface area contributed by atoms with E-state index in [0.717, 1.165) is 29.7 Å². The summed E-state index contributed by atoms with van der Waals surface area (Å²) >= 11 is 1.41. The van der Waals surface area contributed by atoms with Crippen molar-refractivity contribution in [2.45, 2.75) is 32.2 Å². The predicted molar refractivity (Wildman–Crippen MR) is 124 cm³/mol. The van der Waals surface area contributed by atoms with Crippen LogP contribution in [0.2, 0.25) is 0 Å². The van der Waals surface area contributed by atoms with E-state index in [1.165, 1.54) is 11.3 Å². The summed E-state index contributed by atoms with van der Waals surface area (Å²) in [5.74, 6) is -1.19. The van der Waals surface area contributed by atoms with Crippen LogP contribution < -0.4 is 10.6 Å². The molecule has 1 aromatic heterocycles. The van der Waals surface area contributed by atoms with Crippen molar-refractivity contribution in [1.82, 2.24) is 5.32 Å². The maximum Gasteiger partial charge on any atom is 0.341 e. The molecule has 3 aromatic rings. The van der Waals surface area contributed by atoms with E-state index in [1.807, 2.05) is 24.3 Å². The van der Waals surface area contributed by atoms with E-state index < -0.39 is 17.9 Å². The standard InChI is InChI=1S/C25H24N2O4S/c1-2-31-25(30)20-18-14-9-15-19(18)32-24(20)27-23(29)21(16-10-5-3-6-11-16)26-22(28)17-12-7-4-8-13-17/h3-8,10-13,21H,2,9,14-15H2,1H3,(H,26,28)(H,27,29)/t21-/m0/s1. The molecule has 32 heavy (non-hydrogen) atoms. The molecule has 0 saturated heterocycles. The van der Waals surface area contributed by atoms with E-state index in [4.69, 9.17) is 4.74 Å². The Morgan fingerprint density at radius 1 is 1.00 bits per heavy atom. The molecule has 6 nitrogen and oxygen atoms in total. The van der Waals surface area contributed by atoms with Crippen molar-refractivity contribution in [2.75, 3.05) is 11.9 Å². The molecule has 2 amide bonds. The van der Waals surface area contributed by atoms with E-state index >= 15 is 0 Å². The van der Waals surface area contributed by atoms with Gasteiger partial charge < -0.3 is 15.4 Å². The number of thiophene rings is 1. The van der Waals surface area contributed by atoms with E-state index in [-0.39, 0.29) is 12.5 Å². The van der Waals surface area contributed by atoms with Crippen LogP contribution in [0.3, 0.4) is 0 Å². The molecule has 0 spiro atoms. The average molecular weight is 449 g/mol. The summed E-state index contributed by atoms with van der Waals surface area (Å²) in [5.41, 5.74) is 2.52. The third kappa shape index (κ3) is 4.57. The van der Waals surface area contributed by atoms with Gasteiger partial charge in [-0.15, -0.1) is 11.3 Å². The zero-order chi connectivity index (χ0) is 22.5. The van der Waals surface area contributed by atoms with Gasteiger partial charge >= 0.3 is 5.97 Å². The summed E-state index contributed by atoms with van der Waals surface area (Å²) in [6.07, 6.45) is 2.67. The Labute approximate surface area is 190 Å². The molecule has 2 N–H and O–H groups in total. The van der Waals surface area contributed by atoms with E-state index in [2.05, 4.69) is 10.6 Å². The minimum Gasteiger partial charge on any atom is -0.462 e. The van der Waals surface area contributed by atoms with Crippen molar-refractivity contribution in [3.63, 3.8) is 0 Å². The van der Waals surface area contributed by atoms with Gasteiger partial charge in [0.25, 0.3) is 11.8 Å². The fourth-order valence-electron chi connectivity index (χ4n) is 3.85. The number of fused-ring (bicyclic) bond motifs is 1.